The molecule has 1 saturated carbocycles. The van der Waals surface area contributed by atoms with Crippen molar-refractivity contribution in [2.24, 2.45) is 0 Å². The fourth-order valence-electron chi connectivity index (χ4n) is 4.34. The van der Waals surface area contributed by atoms with Crippen molar-refractivity contribution in [2.75, 3.05) is 26.2 Å². The third kappa shape index (κ3) is 4.32. The van der Waals surface area contributed by atoms with E-state index < -0.39 is 12.1 Å². The summed E-state index contributed by atoms with van der Waals surface area (Å²) in [5.41, 5.74) is 0.567. The van der Waals surface area contributed by atoms with Crippen LogP contribution in [0.4, 0.5) is 4.79 Å². The largest absolute Gasteiger partial charge is 0.339 e. The van der Waals surface area contributed by atoms with Crippen molar-refractivity contribution in [3.63, 3.8) is 0 Å². The Hall–Kier alpha value is -2.49. The second-order valence-corrected chi connectivity index (χ2v) is 7.84. The summed E-state index contributed by atoms with van der Waals surface area (Å²) in [6, 6.07) is -0.441. The third-order valence-electron chi connectivity index (χ3n) is 5.91. The SMILES string of the molecule is O=C1NC(=O)C(Cc2cn(CC(=O)N3CCN(C4CCCCC4)CC3)nn2)N1. The van der Waals surface area contributed by atoms with Crippen LogP contribution in [-0.4, -0.2) is 80.9 Å². The Kier molecular flexibility index (Phi) is 5.56. The maximum Gasteiger partial charge on any atom is 0.322 e. The first-order valence-corrected chi connectivity index (χ1v) is 10.1. The molecule has 2 saturated heterocycles. The molecule has 1 unspecified atom stereocenters. The monoisotopic (exact) mass is 389 g/mol. The molecule has 0 spiro atoms. The van der Waals surface area contributed by atoms with Gasteiger partial charge in [-0.05, 0) is 12.8 Å². The van der Waals surface area contributed by atoms with Crippen LogP contribution in [0.25, 0.3) is 0 Å². The van der Waals surface area contributed by atoms with Gasteiger partial charge in [-0.2, -0.15) is 0 Å². The summed E-state index contributed by atoms with van der Waals surface area (Å²) in [5, 5.41) is 12.7. The van der Waals surface area contributed by atoms with Crippen molar-refractivity contribution in [3.8, 4) is 0 Å². The molecule has 2 aliphatic heterocycles. The molecule has 10 heteroatoms. The van der Waals surface area contributed by atoms with Gasteiger partial charge in [0, 0.05) is 44.8 Å². The van der Waals surface area contributed by atoms with Gasteiger partial charge in [0.2, 0.25) is 5.91 Å². The smallest absolute Gasteiger partial charge is 0.322 e. The van der Waals surface area contributed by atoms with E-state index in [-0.39, 0.29) is 24.8 Å². The number of carbonyl (C=O) groups excluding carboxylic acids is 3. The summed E-state index contributed by atoms with van der Waals surface area (Å²) in [7, 11) is 0. The normalized spacial score (nSPS) is 24.3. The molecule has 1 aliphatic carbocycles. The van der Waals surface area contributed by atoms with E-state index in [1.54, 1.807) is 6.20 Å². The molecule has 3 aliphatic rings. The zero-order valence-electron chi connectivity index (χ0n) is 16.0. The average Bonchev–Trinajstić information content (AvgIpc) is 3.28. The predicted octanol–water partition coefficient (Wildman–Crippen LogP) is -0.494. The Balaban J connectivity index is 1.25. The first kappa shape index (κ1) is 18.9. The maximum absolute atomic E-state index is 12.6. The van der Waals surface area contributed by atoms with Gasteiger partial charge in [-0.1, -0.05) is 24.5 Å². The Labute approximate surface area is 163 Å². The predicted molar refractivity (Wildman–Crippen MR) is 99.2 cm³/mol. The van der Waals surface area contributed by atoms with Crippen LogP contribution in [0.15, 0.2) is 6.20 Å². The number of carbonyl (C=O) groups is 3. The Bertz CT molecular complexity index is 735. The first-order chi connectivity index (χ1) is 13.6. The minimum Gasteiger partial charge on any atom is -0.339 e. The molecule has 2 N–H and O–H groups in total. The number of imide groups is 1. The quantitative estimate of drug-likeness (QED) is 0.657. The first-order valence-electron chi connectivity index (χ1n) is 10.1. The van der Waals surface area contributed by atoms with Crippen molar-refractivity contribution in [3.05, 3.63) is 11.9 Å². The Morgan fingerprint density at radius 1 is 1.11 bits per heavy atom. The number of hydrogen-bond acceptors (Lipinski definition) is 6. The van der Waals surface area contributed by atoms with E-state index in [1.165, 1.54) is 36.8 Å². The highest BCUT2D eigenvalue weighted by Crippen LogP contribution is 2.23. The Morgan fingerprint density at radius 3 is 2.54 bits per heavy atom. The van der Waals surface area contributed by atoms with Gasteiger partial charge < -0.3 is 10.2 Å². The van der Waals surface area contributed by atoms with Gasteiger partial charge in [0.25, 0.3) is 5.91 Å². The molecule has 4 amide bonds. The van der Waals surface area contributed by atoms with Gasteiger partial charge in [0.1, 0.15) is 12.6 Å². The van der Waals surface area contributed by atoms with E-state index in [0.717, 1.165) is 26.2 Å². The third-order valence-corrected chi connectivity index (χ3v) is 5.91. The molecule has 1 aromatic rings. The fourth-order valence-corrected chi connectivity index (χ4v) is 4.34. The summed E-state index contributed by atoms with van der Waals surface area (Å²) in [4.78, 5) is 39.8. The second kappa shape index (κ2) is 8.26. The maximum atomic E-state index is 12.6. The van der Waals surface area contributed by atoms with Gasteiger partial charge in [0.05, 0.1) is 5.69 Å². The summed E-state index contributed by atoms with van der Waals surface area (Å²) in [5.74, 6) is -0.335. The molecular weight excluding hydrogens is 362 g/mol. The lowest BCUT2D eigenvalue weighted by Gasteiger charge is -2.40. The number of aromatic nitrogens is 3. The van der Waals surface area contributed by atoms with Crippen LogP contribution in [0.3, 0.4) is 0 Å². The van der Waals surface area contributed by atoms with Crippen LogP contribution < -0.4 is 10.6 Å². The van der Waals surface area contributed by atoms with Crippen LogP contribution in [0.1, 0.15) is 37.8 Å². The molecule has 10 nitrogen and oxygen atoms in total. The van der Waals surface area contributed by atoms with Crippen LogP contribution in [-0.2, 0) is 22.6 Å². The van der Waals surface area contributed by atoms with E-state index in [9.17, 15) is 14.4 Å². The lowest BCUT2D eigenvalue weighted by atomic mass is 9.94. The molecule has 0 radical (unpaired) electrons. The zero-order valence-corrected chi connectivity index (χ0v) is 16.0. The van der Waals surface area contributed by atoms with E-state index in [0.29, 0.717) is 11.7 Å². The van der Waals surface area contributed by atoms with Gasteiger partial charge in [-0.25, -0.2) is 9.48 Å². The van der Waals surface area contributed by atoms with Gasteiger partial charge >= 0.3 is 6.03 Å². The van der Waals surface area contributed by atoms with Crippen LogP contribution >= 0.6 is 0 Å². The second-order valence-electron chi connectivity index (χ2n) is 7.84. The number of rotatable bonds is 5. The minimum absolute atomic E-state index is 0.0339. The van der Waals surface area contributed by atoms with Gasteiger partial charge in [-0.15, -0.1) is 5.10 Å². The molecule has 3 heterocycles. The number of hydrogen-bond donors (Lipinski definition) is 2. The van der Waals surface area contributed by atoms with E-state index in [2.05, 4.69) is 25.8 Å². The van der Waals surface area contributed by atoms with Crippen molar-refractivity contribution < 1.29 is 14.4 Å². The molecule has 3 fully saturated rings. The summed E-state index contributed by atoms with van der Waals surface area (Å²) in [6.45, 7) is 3.53. The molecule has 1 aromatic heterocycles. The topological polar surface area (TPSA) is 112 Å². The standard InChI is InChI=1S/C18H27N7O3/c26-16(24-8-6-23(7-9-24)14-4-2-1-3-5-14)12-25-11-13(21-22-25)10-15-17(27)20-18(28)19-15/h11,14-15H,1-10,12H2,(H2,19,20,27,28). The minimum atomic E-state index is -0.638. The van der Waals surface area contributed by atoms with Gasteiger partial charge in [0.15, 0.2) is 0 Å². The summed E-state index contributed by atoms with van der Waals surface area (Å²) >= 11 is 0. The van der Waals surface area contributed by atoms with Crippen LogP contribution in [0, 0.1) is 0 Å². The molecule has 0 aromatic carbocycles. The van der Waals surface area contributed by atoms with Crippen LogP contribution in [0.2, 0.25) is 0 Å². The van der Waals surface area contributed by atoms with Crippen molar-refractivity contribution in [2.45, 2.75) is 57.2 Å². The molecule has 0 bridgehead atoms. The molecule has 28 heavy (non-hydrogen) atoms. The fraction of sp³-hybridized carbons (Fsp3) is 0.722. The van der Waals surface area contributed by atoms with Crippen LogP contribution in [0.5, 0.6) is 0 Å². The highest BCUT2D eigenvalue weighted by molar-refractivity contribution is 6.04. The zero-order chi connectivity index (χ0) is 19.5. The highest BCUT2D eigenvalue weighted by atomic mass is 16.2. The number of piperazine rings is 1. The number of nitrogens with zero attached hydrogens (tertiary/aromatic N) is 5. The molecule has 1 atom stereocenters. The molecular formula is C18H27N7O3. The Morgan fingerprint density at radius 2 is 1.86 bits per heavy atom. The highest BCUT2D eigenvalue weighted by Gasteiger charge is 2.30. The molecule has 152 valence electrons. The average molecular weight is 389 g/mol. The van der Waals surface area contributed by atoms with Crippen molar-refractivity contribution in [1.29, 1.82) is 0 Å². The number of urea groups is 1. The number of nitrogens with one attached hydrogen (secondary N) is 2. The van der Waals surface area contributed by atoms with E-state index in [1.807, 2.05) is 4.90 Å². The van der Waals surface area contributed by atoms with E-state index >= 15 is 0 Å². The van der Waals surface area contributed by atoms with Gasteiger partial charge in [-0.3, -0.25) is 19.8 Å². The van der Waals surface area contributed by atoms with Crippen molar-refractivity contribution >= 4 is 17.8 Å². The lowest BCUT2D eigenvalue weighted by molar-refractivity contribution is -0.134. The van der Waals surface area contributed by atoms with E-state index in [4.69, 9.17) is 0 Å². The number of amides is 4. The summed E-state index contributed by atoms with van der Waals surface area (Å²) < 4.78 is 1.50. The summed E-state index contributed by atoms with van der Waals surface area (Å²) in [6.07, 6.45) is 8.49. The lowest BCUT2D eigenvalue weighted by Crippen LogP contribution is -2.52. The molecule has 4 rings (SSSR count). The van der Waals surface area contributed by atoms with Crippen molar-refractivity contribution in [1.82, 2.24) is 35.4 Å².